The molecular formula is C13H23NO2. The largest absolute Gasteiger partial charge is 0.380 e. The van der Waals surface area contributed by atoms with E-state index in [2.05, 4.69) is 11.8 Å². The van der Waals surface area contributed by atoms with Gasteiger partial charge in [-0.2, -0.15) is 0 Å². The molecule has 2 atom stereocenters. The first-order chi connectivity index (χ1) is 7.75. The Hall–Kier alpha value is -0.410. The molecule has 0 aromatic carbocycles. The Morgan fingerprint density at radius 2 is 2.25 bits per heavy atom. The Morgan fingerprint density at radius 1 is 1.38 bits per heavy atom. The van der Waals surface area contributed by atoms with Crippen molar-refractivity contribution in [2.45, 2.75) is 32.6 Å². The highest BCUT2D eigenvalue weighted by Gasteiger charge is 2.25. The van der Waals surface area contributed by atoms with Gasteiger partial charge in [0.05, 0.1) is 19.1 Å². The van der Waals surface area contributed by atoms with E-state index < -0.39 is 0 Å². The van der Waals surface area contributed by atoms with E-state index in [4.69, 9.17) is 4.74 Å². The summed E-state index contributed by atoms with van der Waals surface area (Å²) in [6, 6.07) is 0. The quantitative estimate of drug-likeness (QED) is 0.716. The van der Waals surface area contributed by atoms with Crippen molar-refractivity contribution < 1.29 is 9.53 Å². The first kappa shape index (κ1) is 12.1. The maximum Gasteiger partial charge on any atom is 0.141 e. The van der Waals surface area contributed by atoms with Crippen LogP contribution in [0.15, 0.2) is 0 Å². The van der Waals surface area contributed by atoms with E-state index in [9.17, 15) is 4.79 Å². The second kappa shape index (κ2) is 5.78. The van der Waals surface area contributed by atoms with Crippen LogP contribution in [0.1, 0.15) is 32.6 Å². The minimum absolute atomic E-state index is 0.141. The lowest BCUT2D eigenvalue weighted by molar-refractivity contribution is -0.131. The maximum atomic E-state index is 11.7. The standard InChI is InChI=1S/C13H23NO2/c1-11-3-2-6-14(7-4-11)9-12-10-16-8-5-13(12)15/h11-12H,2-10H2,1H3. The fraction of sp³-hybridized carbons (Fsp3) is 0.923. The van der Waals surface area contributed by atoms with Gasteiger partial charge in [0.25, 0.3) is 0 Å². The van der Waals surface area contributed by atoms with Crippen LogP contribution in [-0.2, 0) is 9.53 Å². The molecular weight excluding hydrogens is 202 g/mol. The van der Waals surface area contributed by atoms with Crippen molar-refractivity contribution in [2.24, 2.45) is 11.8 Å². The molecule has 0 bridgehead atoms. The summed E-state index contributed by atoms with van der Waals surface area (Å²) in [6.07, 6.45) is 4.52. The van der Waals surface area contributed by atoms with Crippen molar-refractivity contribution in [3.8, 4) is 0 Å². The number of hydrogen-bond donors (Lipinski definition) is 0. The third-order valence-corrected chi connectivity index (χ3v) is 3.86. The number of likely N-dealkylation sites (tertiary alicyclic amines) is 1. The van der Waals surface area contributed by atoms with Crippen molar-refractivity contribution in [2.75, 3.05) is 32.8 Å². The van der Waals surface area contributed by atoms with Gasteiger partial charge in [0, 0.05) is 13.0 Å². The van der Waals surface area contributed by atoms with Crippen LogP contribution in [0.5, 0.6) is 0 Å². The zero-order valence-electron chi connectivity index (χ0n) is 10.3. The van der Waals surface area contributed by atoms with E-state index in [1.807, 2.05) is 0 Å². The minimum Gasteiger partial charge on any atom is -0.380 e. The van der Waals surface area contributed by atoms with Gasteiger partial charge >= 0.3 is 0 Å². The molecule has 0 aliphatic carbocycles. The summed E-state index contributed by atoms with van der Waals surface area (Å²) in [7, 11) is 0. The van der Waals surface area contributed by atoms with Crippen LogP contribution in [-0.4, -0.2) is 43.5 Å². The summed E-state index contributed by atoms with van der Waals surface area (Å²) in [5.41, 5.74) is 0. The van der Waals surface area contributed by atoms with Crippen LogP contribution < -0.4 is 0 Å². The SMILES string of the molecule is CC1CCCN(CC2COCCC2=O)CC1. The van der Waals surface area contributed by atoms with Gasteiger partial charge in [-0.3, -0.25) is 4.79 Å². The molecule has 0 amide bonds. The second-order valence-corrected chi connectivity index (χ2v) is 5.32. The highest BCUT2D eigenvalue weighted by Crippen LogP contribution is 2.19. The number of nitrogens with zero attached hydrogens (tertiary/aromatic N) is 1. The number of carbonyl (C=O) groups is 1. The van der Waals surface area contributed by atoms with Crippen LogP contribution in [0.25, 0.3) is 0 Å². The summed E-state index contributed by atoms with van der Waals surface area (Å²) < 4.78 is 5.40. The van der Waals surface area contributed by atoms with Crippen molar-refractivity contribution in [1.29, 1.82) is 0 Å². The highest BCUT2D eigenvalue weighted by molar-refractivity contribution is 5.82. The molecule has 2 saturated heterocycles. The summed E-state index contributed by atoms with van der Waals surface area (Å²) in [6.45, 7) is 6.85. The molecule has 3 nitrogen and oxygen atoms in total. The first-order valence-electron chi connectivity index (χ1n) is 6.58. The molecule has 0 radical (unpaired) electrons. The summed E-state index contributed by atoms with van der Waals surface area (Å²) >= 11 is 0. The molecule has 3 heteroatoms. The predicted molar refractivity (Wildman–Crippen MR) is 63.4 cm³/mol. The molecule has 2 rings (SSSR count). The number of carbonyl (C=O) groups excluding carboxylic acids is 1. The van der Waals surface area contributed by atoms with Crippen LogP contribution >= 0.6 is 0 Å². The van der Waals surface area contributed by atoms with E-state index in [1.165, 1.54) is 19.3 Å². The van der Waals surface area contributed by atoms with Gasteiger partial charge in [0.2, 0.25) is 0 Å². The van der Waals surface area contributed by atoms with Gasteiger partial charge in [-0.1, -0.05) is 6.92 Å². The summed E-state index contributed by atoms with van der Waals surface area (Å²) in [4.78, 5) is 14.2. The van der Waals surface area contributed by atoms with Gasteiger partial charge in [0.15, 0.2) is 0 Å². The van der Waals surface area contributed by atoms with Gasteiger partial charge < -0.3 is 9.64 Å². The lowest BCUT2D eigenvalue weighted by Gasteiger charge is -2.27. The third kappa shape index (κ3) is 3.29. The molecule has 2 aliphatic heterocycles. The summed E-state index contributed by atoms with van der Waals surface area (Å²) in [5.74, 6) is 1.40. The second-order valence-electron chi connectivity index (χ2n) is 5.32. The zero-order chi connectivity index (χ0) is 11.4. The third-order valence-electron chi connectivity index (χ3n) is 3.86. The van der Waals surface area contributed by atoms with Gasteiger partial charge in [-0.05, 0) is 38.3 Å². The molecule has 0 aromatic heterocycles. The topological polar surface area (TPSA) is 29.5 Å². The van der Waals surface area contributed by atoms with Crippen LogP contribution in [0.4, 0.5) is 0 Å². The number of hydrogen-bond acceptors (Lipinski definition) is 3. The lowest BCUT2D eigenvalue weighted by Crippen LogP contribution is -2.39. The molecule has 16 heavy (non-hydrogen) atoms. The van der Waals surface area contributed by atoms with E-state index >= 15 is 0 Å². The van der Waals surface area contributed by atoms with E-state index in [-0.39, 0.29) is 5.92 Å². The van der Waals surface area contributed by atoms with E-state index in [0.717, 1.165) is 25.6 Å². The number of ketones is 1. The van der Waals surface area contributed by atoms with Crippen molar-refractivity contribution in [1.82, 2.24) is 4.90 Å². The van der Waals surface area contributed by atoms with Gasteiger partial charge in [-0.25, -0.2) is 0 Å². The fourth-order valence-electron chi connectivity index (χ4n) is 2.67. The van der Waals surface area contributed by atoms with Crippen molar-refractivity contribution in [3.05, 3.63) is 0 Å². The number of Topliss-reactive ketones (excluding diaryl/α,β-unsaturated/α-hetero) is 1. The van der Waals surface area contributed by atoms with E-state index in [0.29, 0.717) is 25.4 Å². The molecule has 2 unspecified atom stereocenters. The normalized spacial score (nSPS) is 33.7. The molecule has 2 aliphatic rings. The van der Waals surface area contributed by atoms with Crippen LogP contribution in [0.2, 0.25) is 0 Å². The molecule has 0 N–H and O–H groups in total. The average molecular weight is 225 g/mol. The molecule has 0 aromatic rings. The monoisotopic (exact) mass is 225 g/mol. The number of ether oxygens (including phenoxy) is 1. The van der Waals surface area contributed by atoms with Crippen molar-refractivity contribution >= 4 is 5.78 Å². The molecule has 2 heterocycles. The Balaban J connectivity index is 1.81. The molecule has 0 spiro atoms. The van der Waals surface area contributed by atoms with Crippen molar-refractivity contribution in [3.63, 3.8) is 0 Å². The maximum absolute atomic E-state index is 11.7. The molecule has 2 fully saturated rings. The Morgan fingerprint density at radius 3 is 3.06 bits per heavy atom. The van der Waals surface area contributed by atoms with Crippen LogP contribution in [0, 0.1) is 11.8 Å². The Labute approximate surface area is 98.1 Å². The van der Waals surface area contributed by atoms with Gasteiger partial charge in [-0.15, -0.1) is 0 Å². The number of rotatable bonds is 2. The predicted octanol–water partition coefficient (Wildman–Crippen LogP) is 1.71. The Kier molecular flexibility index (Phi) is 4.36. The minimum atomic E-state index is 0.141. The average Bonchev–Trinajstić information content (AvgIpc) is 2.47. The lowest BCUT2D eigenvalue weighted by atomic mass is 10.00. The smallest absolute Gasteiger partial charge is 0.141 e. The zero-order valence-corrected chi connectivity index (χ0v) is 10.3. The van der Waals surface area contributed by atoms with Gasteiger partial charge in [0.1, 0.15) is 5.78 Å². The first-order valence-corrected chi connectivity index (χ1v) is 6.58. The van der Waals surface area contributed by atoms with E-state index in [1.54, 1.807) is 0 Å². The fourth-order valence-corrected chi connectivity index (χ4v) is 2.67. The highest BCUT2D eigenvalue weighted by atomic mass is 16.5. The Bertz CT molecular complexity index is 242. The molecule has 92 valence electrons. The summed E-state index contributed by atoms with van der Waals surface area (Å²) in [5, 5.41) is 0. The molecule has 0 saturated carbocycles. The van der Waals surface area contributed by atoms with Crippen LogP contribution in [0.3, 0.4) is 0 Å².